The second kappa shape index (κ2) is 7.03. The molecule has 0 aliphatic carbocycles. The van der Waals surface area contributed by atoms with Gasteiger partial charge in [0.15, 0.2) is 11.6 Å². The van der Waals surface area contributed by atoms with Gasteiger partial charge < -0.3 is 5.32 Å². The Morgan fingerprint density at radius 1 is 1.23 bits per heavy atom. The summed E-state index contributed by atoms with van der Waals surface area (Å²) in [6, 6.07) is 8.18. The average Bonchev–Trinajstić information content (AvgIpc) is 2.60. The van der Waals surface area contributed by atoms with Gasteiger partial charge in [0.25, 0.3) is 5.56 Å². The van der Waals surface area contributed by atoms with Crippen molar-refractivity contribution in [3.63, 3.8) is 0 Å². The molecule has 0 bridgehead atoms. The van der Waals surface area contributed by atoms with E-state index in [-0.39, 0.29) is 12.1 Å². The molecule has 1 amide bonds. The van der Waals surface area contributed by atoms with E-state index in [2.05, 4.69) is 10.3 Å². The molecule has 1 unspecified atom stereocenters. The third-order valence-electron chi connectivity index (χ3n) is 4.19. The smallest absolute Gasteiger partial charge is 0.261 e. The summed E-state index contributed by atoms with van der Waals surface area (Å²) in [7, 11) is 0. The molecule has 0 fully saturated rings. The molecule has 0 saturated heterocycles. The summed E-state index contributed by atoms with van der Waals surface area (Å²) < 4.78 is 27.5. The number of benzene rings is 2. The first kappa shape index (κ1) is 17.7. The number of rotatable bonds is 4. The van der Waals surface area contributed by atoms with Crippen molar-refractivity contribution < 1.29 is 13.6 Å². The first-order valence-corrected chi connectivity index (χ1v) is 8.06. The SMILES string of the molecule is Cc1cccc2c(=O)n(CC(=O)NC(C)c3ccc(F)c(F)c3)cnc12. The van der Waals surface area contributed by atoms with Gasteiger partial charge in [-0.05, 0) is 43.2 Å². The molecule has 0 spiro atoms. The number of hydrogen-bond acceptors (Lipinski definition) is 3. The fourth-order valence-corrected chi connectivity index (χ4v) is 2.76. The van der Waals surface area contributed by atoms with E-state index in [1.54, 1.807) is 19.1 Å². The highest BCUT2D eigenvalue weighted by Crippen LogP contribution is 2.16. The molecule has 2 aromatic carbocycles. The fraction of sp³-hybridized carbons (Fsp3) is 0.211. The van der Waals surface area contributed by atoms with Gasteiger partial charge in [0.1, 0.15) is 6.54 Å². The van der Waals surface area contributed by atoms with E-state index in [1.165, 1.54) is 17.0 Å². The number of nitrogens with zero attached hydrogens (tertiary/aromatic N) is 2. The van der Waals surface area contributed by atoms with Crippen molar-refractivity contribution in [2.75, 3.05) is 0 Å². The summed E-state index contributed by atoms with van der Waals surface area (Å²) in [6.45, 7) is 3.29. The van der Waals surface area contributed by atoms with Crippen molar-refractivity contribution in [3.05, 3.63) is 75.8 Å². The Kier molecular flexibility index (Phi) is 4.79. The molecule has 3 rings (SSSR count). The fourth-order valence-electron chi connectivity index (χ4n) is 2.76. The van der Waals surface area contributed by atoms with Crippen LogP contribution in [0.15, 0.2) is 47.5 Å². The summed E-state index contributed by atoms with van der Waals surface area (Å²) in [5.74, 6) is -2.36. The predicted molar refractivity (Wildman–Crippen MR) is 93.7 cm³/mol. The summed E-state index contributed by atoms with van der Waals surface area (Å²) in [6.07, 6.45) is 1.33. The normalized spacial score (nSPS) is 12.2. The maximum atomic E-state index is 13.3. The van der Waals surface area contributed by atoms with E-state index in [0.717, 1.165) is 17.7 Å². The lowest BCUT2D eigenvalue weighted by Crippen LogP contribution is -2.34. The number of hydrogen-bond donors (Lipinski definition) is 1. The van der Waals surface area contributed by atoms with E-state index in [4.69, 9.17) is 0 Å². The van der Waals surface area contributed by atoms with Crippen LogP contribution in [0.4, 0.5) is 8.78 Å². The standard InChI is InChI=1S/C19H17F2N3O2/c1-11-4-3-5-14-18(11)22-10-24(19(14)26)9-17(25)23-12(2)13-6-7-15(20)16(21)8-13/h3-8,10,12H,9H2,1-2H3,(H,23,25). The second-order valence-corrected chi connectivity index (χ2v) is 6.11. The molecule has 7 heteroatoms. The molecule has 0 saturated carbocycles. The van der Waals surface area contributed by atoms with Gasteiger partial charge in [-0.1, -0.05) is 18.2 Å². The maximum Gasteiger partial charge on any atom is 0.261 e. The first-order chi connectivity index (χ1) is 12.4. The molecule has 0 aliphatic rings. The Hall–Kier alpha value is -3.09. The minimum atomic E-state index is -0.978. The predicted octanol–water partition coefficient (Wildman–Crippen LogP) is 2.86. The molecule has 1 aromatic heterocycles. The van der Waals surface area contributed by atoms with Crippen LogP contribution in [0.3, 0.4) is 0 Å². The summed E-state index contributed by atoms with van der Waals surface area (Å²) in [4.78, 5) is 29.0. The van der Waals surface area contributed by atoms with Crippen molar-refractivity contribution in [1.82, 2.24) is 14.9 Å². The van der Waals surface area contributed by atoms with Gasteiger partial charge in [-0.25, -0.2) is 13.8 Å². The maximum absolute atomic E-state index is 13.3. The number of aryl methyl sites for hydroxylation is 1. The van der Waals surface area contributed by atoms with Crippen LogP contribution in [0.25, 0.3) is 10.9 Å². The second-order valence-electron chi connectivity index (χ2n) is 6.11. The number of halogens is 2. The lowest BCUT2D eigenvalue weighted by molar-refractivity contribution is -0.122. The molecule has 1 heterocycles. The monoisotopic (exact) mass is 357 g/mol. The van der Waals surface area contributed by atoms with Crippen LogP contribution in [0.5, 0.6) is 0 Å². The van der Waals surface area contributed by atoms with Crippen molar-refractivity contribution >= 4 is 16.8 Å². The molecule has 26 heavy (non-hydrogen) atoms. The van der Waals surface area contributed by atoms with E-state index < -0.39 is 23.6 Å². The molecule has 5 nitrogen and oxygen atoms in total. The molecule has 134 valence electrons. The topological polar surface area (TPSA) is 64.0 Å². The lowest BCUT2D eigenvalue weighted by atomic mass is 10.1. The number of carbonyl (C=O) groups is 1. The third-order valence-corrected chi connectivity index (χ3v) is 4.19. The minimum Gasteiger partial charge on any atom is -0.348 e. The molecule has 3 aromatic rings. The van der Waals surface area contributed by atoms with Gasteiger partial charge in [0.2, 0.25) is 5.91 Å². The van der Waals surface area contributed by atoms with Crippen molar-refractivity contribution in [1.29, 1.82) is 0 Å². The van der Waals surface area contributed by atoms with Crippen LogP contribution in [-0.2, 0) is 11.3 Å². The molecule has 0 radical (unpaired) electrons. The quantitative estimate of drug-likeness (QED) is 0.781. The van der Waals surface area contributed by atoms with Gasteiger partial charge in [0.05, 0.1) is 23.3 Å². The Morgan fingerprint density at radius 2 is 2.00 bits per heavy atom. The van der Waals surface area contributed by atoms with Gasteiger partial charge in [-0.3, -0.25) is 14.2 Å². The van der Waals surface area contributed by atoms with Crippen LogP contribution in [0, 0.1) is 18.6 Å². The Balaban J connectivity index is 1.77. The number of fused-ring (bicyclic) bond motifs is 1. The van der Waals surface area contributed by atoms with Crippen molar-refractivity contribution in [2.24, 2.45) is 0 Å². The third kappa shape index (κ3) is 3.46. The van der Waals surface area contributed by atoms with Gasteiger partial charge >= 0.3 is 0 Å². The Labute approximate surface area is 148 Å². The van der Waals surface area contributed by atoms with Crippen LogP contribution >= 0.6 is 0 Å². The largest absolute Gasteiger partial charge is 0.348 e. The van der Waals surface area contributed by atoms with E-state index in [0.29, 0.717) is 16.5 Å². The van der Waals surface area contributed by atoms with Gasteiger partial charge in [-0.15, -0.1) is 0 Å². The highest BCUT2D eigenvalue weighted by Gasteiger charge is 2.14. The highest BCUT2D eigenvalue weighted by molar-refractivity contribution is 5.81. The van der Waals surface area contributed by atoms with E-state index in [9.17, 15) is 18.4 Å². The van der Waals surface area contributed by atoms with E-state index in [1.807, 2.05) is 13.0 Å². The number of nitrogens with one attached hydrogen (secondary N) is 1. The Morgan fingerprint density at radius 3 is 2.73 bits per heavy atom. The van der Waals surface area contributed by atoms with E-state index >= 15 is 0 Å². The number of carbonyl (C=O) groups excluding carboxylic acids is 1. The summed E-state index contributed by atoms with van der Waals surface area (Å²) in [5, 5.41) is 3.10. The molecule has 1 atom stereocenters. The average molecular weight is 357 g/mol. The first-order valence-electron chi connectivity index (χ1n) is 8.06. The van der Waals surface area contributed by atoms with Gasteiger partial charge in [0, 0.05) is 0 Å². The highest BCUT2D eigenvalue weighted by atomic mass is 19.2. The molecule has 0 aliphatic heterocycles. The van der Waals surface area contributed by atoms with Crippen LogP contribution in [0.2, 0.25) is 0 Å². The van der Waals surface area contributed by atoms with Crippen LogP contribution in [-0.4, -0.2) is 15.5 Å². The zero-order valence-electron chi connectivity index (χ0n) is 14.3. The molecular weight excluding hydrogens is 340 g/mol. The molecule has 1 N–H and O–H groups in total. The number of para-hydroxylation sites is 1. The minimum absolute atomic E-state index is 0.219. The van der Waals surface area contributed by atoms with Crippen molar-refractivity contribution in [3.8, 4) is 0 Å². The summed E-state index contributed by atoms with van der Waals surface area (Å²) in [5.41, 5.74) is 1.60. The number of aromatic nitrogens is 2. The van der Waals surface area contributed by atoms with Gasteiger partial charge in [-0.2, -0.15) is 0 Å². The van der Waals surface area contributed by atoms with Crippen LogP contribution in [0.1, 0.15) is 24.1 Å². The zero-order chi connectivity index (χ0) is 18.8. The van der Waals surface area contributed by atoms with Crippen LogP contribution < -0.4 is 10.9 Å². The zero-order valence-corrected chi connectivity index (χ0v) is 14.3. The summed E-state index contributed by atoms with van der Waals surface area (Å²) >= 11 is 0. The number of amides is 1. The lowest BCUT2D eigenvalue weighted by Gasteiger charge is -2.15. The van der Waals surface area contributed by atoms with Crippen molar-refractivity contribution in [2.45, 2.75) is 26.4 Å². The Bertz CT molecular complexity index is 1050. The molecular formula is C19H17F2N3O2.